The second kappa shape index (κ2) is 5.87. The second-order valence-electron chi connectivity index (χ2n) is 5.38. The summed E-state index contributed by atoms with van der Waals surface area (Å²) >= 11 is 0. The molecular weight excluding hydrogens is 290 g/mol. The molecule has 21 heavy (non-hydrogen) atoms. The Hall–Kier alpha value is -1.24. The van der Waals surface area contributed by atoms with Gasteiger partial charge in [0.2, 0.25) is 0 Å². The molecule has 1 aromatic carbocycles. The molecular formula is C15H19NO4S. The van der Waals surface area contributed by atoms with Crippen molar-refractivity contribution in [3.63, 3.8) is 0 Å². The van der Waals surface area contributed by atoms with Crippen molar-refractivity contribution in [3.05, 3.63) is 29.8 Å². The van der Waals surface area contributed by atoms with Gasteiger partial charge in [0.25, 0.3) is 5.91 Å². The van der Waals surface area contributed by atoms with Crippen LogP contribution in [0.1, 0.15) is 23.2 Å². The van der Waals surface area contributed by atoms with Crippen molar-refractivity contribution in [2.24, 2.45) is 0 Å². The quantitative estimate of drug-likeness (QED) is 0.829. The molecule has 1 spiro atoms. The summed E-state index contributed by atoms with van der Waals surface area (Å²) in [6.45, 7) is 2.56. The van der Waals surface area contributed by atoms with Crippen LogP contribution < -0.4 is 0 Å². The number of piperidine rings is 1. The van der Waals surface area contributed by atoms with Crippen molar-refractivity contribution >= 4 is 16.7 Å². The van der Waals surface area contributed by atoms with Gasteiger partial charge in [-0.15, -0.1) is 0 Å². The molecule has 6 heteroatoms. The molecule has 2 aliphatic rings. The first-order chi connectivity index (χ1) is 10.1. The summed E-state index contributed by atoms with van der Waals surface area (Å²) in [7, 11) is -1.02. The molecule has 1 amide bonds. The Morgan fingerprint density at radius 2 is 1.71 bits per heavy atom. The number of nitrogens with zero attached hydrogens (tertiary/aromatic N) is 1. The van der Waals surface area contributed by atoms with Crippen LogP contribution in [0.3, 0.4) is 0 Å². The number of amides is 1. The highest BCUT2D eigenvalue weighted by atomic mass is 32.2. The predicted octanol–water partition coefficient (Wildman–Crippen LogP) is 1.40. The summed E-state index contributed by atoms with van der Waals surface area (Å²) in [5.74, 6) is -0.448. The van der Waals surface area contributed by atoms with Crippen molar-refractivity contribution < 1.29 is 18.5 Å². The first-order valence-electron chi connectivity index (χ1n) is 7.10. The molecule has 2 saturated heterocycles. The van der Waals surface area contributed by atoms with Crippen LogP contribution in [-0.4, -0.2) is 53.4 Å². The molecule has 1 aromatic rings. The van der Waals surface area contributed by atoms with Crippen LogP contribution in [0.2, 0.25) is 0 Å². The Balaban J connectivity index is 1.64. The fourth-order valence-corrected chi connectivity index (χ4v) is 3.33. The lowest BCUT2D eigenvalue weighted by molar-refractivity contribution is -0.181. The Kier molecular flexibility index (Phi) is 4.10. The van der Waals surface area contributed by atoms with E-state index in [1.807, 2.05) is 4.90 Å². The predicted molar refractivity (Wildman–Crippen MR) is 78.5 cm³/mol. The van der Waals surface area contributed by atoms with E-state index in [1.54, 1.807) is 30.5 Å². The zero-order valence-corrected chi connectivity index (χ0v) is 12.9. The van der Waals surface area contributed by atoms with Crippen LogP contribution in [0.4, 0.5) is 0 Å². The Morgan fingerprint density at radius 1 is 1.14 bits per heavy atom. The van der Waals surface area contributed by atoms with Crippen molar-refractivity contribution in [3.8, 4) is 0 Å². The largest absolute Gasteiger partial charge is 0.347 e. The summed E-state index contributed by atoms with van der Waals surface area (Å²) in [6.07, 6.45) is 3.06. The summed E-state index contributed by atoms with van der Waals surface area (Å²) < 4.78 is 22.7. The molecule has 5 nitrogen and oxygen atoms in total. The Labute approximate surface area is 126 Å². The van der Waals surface area contributed by atoms with Gasteiger partial charge in [-0.1, -0.05) is 0 Å². The lowest BCUT2D eigenvalue weighted by Crippen LogP contribution is -2.47. The first-order valence-corrected chi connectivity index (χ1v) is 8.66. The molecule has 114 valence electrons. The molecule has 0 aliphatic carbocycles. The fourth-order valence-electron chi connectivity index (χ4n) is 2.81. The normalized spacial score (nSPS) is 22.4. The molecule has 3 rings (SSSR count). The lowest BCUT2D eigenvalue weighted by atomic mass is 10.0. The molecule has 0 radical (unpaired) electrons. The molecule has 0 bridgehead atoms. The number of benzene rings is 1. The lowest BCUT2D eigenvalue weighted by Gasteiger charge is -2.37. The minimum absolute atomic E-state index is 0.0104. The number of hydrogen-bond donors (Lipinski definition) is 0. The number of carbonyl (C=O) groups excluding carboxylic acids is 1. The Bertz CT molecular complexity index is 541. The van der Waals surface area contributed by atoms with E-state index in [9.17, 15) is 9.00 Å². The van der Waals surface area contributed by atoms with Crippen molar-refractivity contribution in [1.29, 1.82) is 0 Å². The third-order valence-electron chi connectivity index (χ3n) is 4.06. The molecule has 2 aliphatic heterocycles. The van der Waals surface area contributed by atoms with Gasteiger partial charge in [-0.05, 0) is 24.3 Å². The monoisotopic (exact) mass is 309 g/mol. The molecule has 0 N–H and O–H groups in total. The number of ether oxygens (including phenoxy) is 2. The number of likely N-dealkylation sites (tertiary alicyclic amines) is 1. The van der Waals surface area contributed by atoms with Crippen LogP contribution in [0.25, 0.3) is 0 Å². The number of hydrogen-bond acceptors (Lipinski definition) is 4. The zero-order chi connectivity index (χ0) is 14.9. The van der Waals surface area contributed by atoms with Gasteiger partial charge in [-0.25, -0.2) is 0 Å². The molecule has 0 unspecified atom stereocenters. The standard InChI is InChI=1S/C15H19NO4S/c1-21(18)13-4-2-12(3-5-13)14(17)16-8-6-15(7-9-16)19-10-11-20-15/h2-5H,6-11H2,1H3/t21-/m0/s1. The molecule has 0 aromatic heterocycles. The average Bonchev–Trinajstić information content (AvgIpc) is 2.96. The third-order valence-corrected chi connectivity index (χ3v) is 5.00. The van der Waals surface area contributed by atoms with Gasteiger partial charge in [-0.3, -0.25) is 9.00 Å². The van der Waals surface area contributed by atoms with E-state index in [2.05, 4.69) is 0 Å². The maximum absolute atomic E-state index is 12.5. The van der Waals surface area contributed by atoms with E-state index in [1.165, 1.54) is 0 Å². The van der Waals surface area contributed by atoms with Crippen molar-refractivity contribution in [2.45, 2.75) is 23.5 Å². The van der Waals surface area contributed by atoms with Crippen molar-refractivity contribution in [2.75, 3.05) is 32.6 Å². The van der Waals surface area contributed by atoms with Gasteiger partial charge in [0.15, 0.2) is 5.79 Å². The highest BCUT2D eigenvalue weighted by Gasteiger charge is 2.40. The first kappa shape index (κ1) is 14.7. The van der Waals surface area contributed by atoms with Crippen LogP contribution in [-0.2, 0) is 20.3 Å². The van der Waals surface area contributed by atoms with E-state index < -0.39 is 16.6 Å². The fraction of sp³-hybridized carbons (Fsp3) is 0.533. The number of rotatable bonds is 2. The van der Waals surface area contributed by atoms with E-state index in [-0.39, 0.29) is 5.91 Å². The van der Waals surface area contributed by atoms with E-state index >= 15 is 0 Å². The van der Waals surface area contributed by atoms with Gasteiger partial charge < -0.3 is 14.4 Å². The van der Waals surface area contributed by atoms with E-state index in [0.717, 1.165) is 17.7 Å². The summed E-state index contributed by atoms with van der Waals surface area (Å²) in [4.78, 5) is 15.0. The molecule has 2 heterocycles. The molecule has 2 fully saturated rings. The molecule has 1 atom stereocenters. The SMILES string of the molecule is C[S@](=O)c1ccc(C(=O)N2CCC3(CC2)OCCO3)cc1. The average molecular weight is 309 g/mol. The second-order valence-corrected chi connectivity index (χ2v) is 6.76. The summed E-state index contributed by atoms with van der Waals surface area (Å²) in [5.41, 5.74) is 0.633. The van der Waals surface area contributed by atoms with Crippen LogP contribution in [0.15, 0.2) is 29.2 Å². The van der Waals surface area contributed by atoms with E-state index in [0.29, 0.717) is 31.9 Å². The van der Waals surface area contributed by atoms with Crippen molar-refractivity contribution in [1.82, 2.24) is 4.90 Å². The van der Waals surface area contributed by atoms with Crippen LogP contribution >= 0.6 is 0 Å². The van der Waals surface area contributed by atoms with Crippen LogP contribution in [0, 0.1) is 0 Å². The van der Waals surface area contributed by atoms with Gasteiger partial charge in [0.1, 0.15) is 0 Å². The van der Waals surface area contributed by atoms with Gasteiger partial charge in [0.05, 0.1) is 13.2 Å². The minimum atomic E-state index is -1.02. The highest BCUT2D eigenvalue weighted by molar-refractivity contribution is 7.84. The maximum atomic E-state index is 12.5. The Morgan fingerprint density at radius 3 is 2.24 bits per heavy atom. The third kappa shape index (κ3) is 3.02. The molecule has 0 saturated carbocycles. The smallest absolute Gasteiger partial charge is 0.253 e. The summed E-state index contributed by atoms with van der Waals surface area (Å²) in [5, 5.41) is 0. The minimum Gasteiger partial charge on any atom is -0.347 e. The number of carbonyl (C=O) groups is 1. The topological polar surface area (TPSA) is 55.8 Å². The zero-order valence-electron chi connectivity index (χ0n) is 12.0. The summed E-state index contributed by atoms with van der Waals surface area (Å²) in [6, 6.07) is 6.98. The maximum Gasteiger partial charge on any atom is 0.253 e. The highest BCUT2D eigenvalue weighted by Crippen LogP contribution is 2.31. The van der Waals surface area contributed by atoms with Gasteiger partial charge in [0, 0.05) is 53.4 Å². The van der Waals surface area contributed by atoms with E-state index in [4.69, 9.17) is 9.47 Å². The van der Waals surface area contributed by atoms with Crippen LogP contribution in [0.5, 0.6) is 0 Å². The van der Waals surface area contributed by atoms with Gasteiger partial charge >= 0.3 is 0 Å². The van der Waals surface area contributed by atoms with Gasteiger partial charge in [-0.2, -0.15) is 0 Å².